The number of carbonyl (C=O) groups excluding carboxylic acids is 1. The van der Waals surface area contributed by atoms with Crippen LogP contribution in [-0.2, 0) is 6.42 Å². The lowest BCUT2D eigenvalue weighted by Gasteiger charge is -2.05. The van der Waals surface area contributed by atoms with E-state index in [0.29, 0.717) is 10.7 Å². The summed E-state index contributed by atoms with van der Waals surface area (Å²) in [6, 6.07) is 11.7. The summed E-state index contributed by atoms with van der Waals surface area (Å²) in [7, 11) is 0. The van der Waals surface area contributed by atoms with Crippen molar-refractivity contribution in [1.82, 2.24) is 9.97 Å². The largest absolute Gasteiger partial charge is 0.298 e. The minimum atomic E-state index is -0.152. The van der Waals surface area contributed by atoms with Gasteiger partial charge in [-0.05, 0) is 36.6 Å². The number of nitrogens with one attached hydrogen (secondary N) is 1. The van der Waals surface area contributed by atoms with Crippen LogP contribution >= 0.6 is 11.3 Å². The molecule has 128 valence electrons. The zero-order valence-electron chi connectivity index (χ0n) is 14.2. The Hall–Kier alpha value is -2.53. The summed E-state index contributed by atoms with van der Waals surface area (Å²) in [6.45, 7) is 2.21. The first-order valence-corrected chi connectivity index (χ1v) is 9.40. The predicted octanol–water partition coefficient (Wildman–Crippen LogP) is 5.19. The molecule has 1 amide bonds. The second-order valence-electron chi connectivity index (χ2n) is 5.88. The van der Waals surface area contributed by atoms with Gasteiger partial charge < -0.3 is 0 Å². The number of thiazole rings is 1. The molecule has 3 rings (SSSR count). The number of rotatable bonds is 7. The molecule has 1 aromatic carbocycles. The lowest BCUT2D eigenvalue weighted by molar-refractivity contribution is 0.102. The van der Waals surface area contributed by atoms with E-state index in [9.17, 15) is 4.79 Å². The summed E-state index contributed by atoms with van der Waals surface area (Å²) in [4.78, 5) is 20.8. The summed E-state index contributed by atoms with van der Waals surface area (Å²) in [6.07, 6.45) is 8.40. The number of hydrogen-bond acceptors (Lipinski definition) is 4. The fourth-order valence-electron chi connectivity index (χ4n) is 2.57. The van der Waals surface area contributed by atoms with Crippen molar-refractivity contribution in [2.24, 2.45) is 0 Å². The maximum absolute atomic E-state index is 12.2. The quantitative estimate of drug-likeness (QED) is 0.596. The number of aromatic nitrogens is 2. The Balaban J connectivity index is 1.64. The highest BCUT2D eigenvalue weighted by atomic mass is 32.1. The second-order valence-corrected chi connectivity index (χ2v) is 6.77. The highest BCUT2D eigenvalue weighted by Gasteiger charge is 2.08. The molecule has 0 radical (unpaired) electrons. The van der Waals surface area contributed by atoms with Gasteiger partial charge in [-0.15, -0.1) is 11.3 Å². The fourth-order valence-corrected chi connectivity index (χ4v) is 3.09. The number of nitrogens with zero attached hydrogens (tertiary/aromatic N) is 2. The van der Waals surface area contributed by atoms with Crippen LogP contribution in [-0.4, -0.2) is 15.9 Å². The van der Waals surface area contributed by atoms with Crippen molar-refractivity contribution in [3.8, 4) is 11.3 Å². The van der Waals surface area contributed by atoms with E-state index in [-0.39, 0.29) is 5.91 Å². The van der Waals surface area contributed by atoms with Gasteiger partial charge in [0.15, 0.2) is 5.13 Å². The zero-order chi connectivity index (χ0) is 17.5. The van der Waals surface area contributed by atoms with Gasteiger partial charge in [-0.1, -0.05) is 38.0 Å². The monoisotopic (exact) mass is 351 g/mol. The van der Waals surface area contributed by atoms with Crippen LogP contribution in [0.1, 0.15) is 42.1 Å². The zero-order valence-corrected chi connectivity index (χ0v) is 15.1. The summed E-state index contributed by atoms with van der Waals surface area (Å²) in [5.74, 6) is -0.152. The van der Waals surface area contributed by atoms with Gasteiger partial charge in [-0.3, -0.25) is 15.1 Å². The highest BCUT2D eigenvalue weighted by molar-refractivity contribution is 7.13. The van der Waals surface area contributed by atoms with E-state index in [4.69, 9.17) is 0 Å². The lowest BCUT2D eigenvalue weighted by Crippen LogP contribution is -2.11. The van der Waals surface area contributed by atoms with E-state index in [1.165, 1.54) is 36.2 Å². The topological polar surface area (TPSA) is 54.9 Å². The van der Waals surface area contributed by atoms with Gasteiger partial charge >= 0.3 is 0 Å². The van der Waals surface area contributed by atoms with Crippen LogP contribution in [0.3, 0.4) is 0 Å². The molecular weight excluding hydrogens is 330 g/mol. The first kappa shape index (κ1) is 17.3. The van der Waals surface area contributed by atoms with Crippen molar-refractivity contribution >= 4 is 22.4 Å². The molecule has 0 unspecified atom stereocenters. The molecule has 0 bridgehead atoms. The third kappa shape index (κ3) is 4.73. The van der Waals surface area contributed by atoms with Crippen LogP contribution in [0.25, 0.3) is 11.3 Å². The molecule has 0 aliphatic heterocycles. The number of aryl methyl sites for hydroxylation is 1. The number of benzene rings is 1. The number of amides is 1. The summed E-state index contributed by atoms with van der Waals surface area (Å²) >= 11 is 1.40. The molecule has 25 heavy (non-hydrogen) atoms. The first-order valence-electron chi connectivity index (χ1n) is 8.52. The molecule has 0 atom stereocenters. The van der Waals surface area contributed by atoms with Gasteiger partial charge in [-0.25, -0.2) is 4.98 Å². The Morgan fingerprint density at radius 2 is 1.92 bits per heavy atom. The third-order valence-electron chi connectivity index (χ3n) is 3.99. The normalized spacial score (nSPS) is 10.6. The fraction of sp³-hybridized carbons (Fsp3) is 0.250. The van der Waals surface area contributed by atoms with Gasteiger partial charge in [0.05, 0.1) is 5.69 Å². The van der Waals surface area contributed by atoms with E-state index >= 15 is 0 Å². The minimum absolute atomic E-state index is 0.152. The number of unbranched alkanes of at least 4 members (excludes halogenated alkanes) is 2. The summed E-state index contributed by atoms with van der Waals surface area (Å²) in [5.41, 5.74) is 3.81. The average Bonchev–Trinajstić information content (AvgIpc) is 3.16. The Morgan fingerprint density at radius 3 is 2.56 bits per heavy atom. The maximum Gasteiger partial charge on any atom is 0.257 e. The molecular formula is C20H21N3OS. The van der Waals surface area contributed by atoms with Gasteiger partial charge in [0.25, 0.3) is 5.91 Å². The molecule has 2 aromatic heterocycles. The number of carbonyl (C=O) groups is 1. The van der Waals surface area contributed by atoms with Crippen LogP contribution in [0, 0.1) is 0 Å². The van der Waals surface area contributed by atoms with Crippen molar-refractivity contribution in [3.05, 3.63) is 65.3 Å². The average molecular weight is 351 g/mol. The van der Waals surface area contributed by atoms with Crippen molar-refractivity contribution < 1.29 is 4.79 Å². The van der Waals surface area contributed by atoms with Crippen molar-refractivity contribution in [3.63, 3.8) is 0 Å². The smallest absolute Gasteiger partial charge is 0.257 e. The van der Waals surface area contributed by atoms with E-state index in [1.54, 1.807) is 6.20 Å². The molecule has 0 aliphatic carbocycles. The first-order chi connectivity index (χ1) is 12.3. The lowest BCUT2D eigenvalue weighted by atomic mass is 10.1. The Morgan fingerprint density at radius 1 is 1.08 bits per heavy atom. The predicted molar refractivity (Wildman–Crippen MR) is 103 cm³/mol. The third-order valence-corrected chi connectivity index (χ3v) is 4.68. The van der Waals surface area contributed by atoms with E-state index in [1.807, 2.05) is 41.9 Å². The molecule has 5 heteroatoms. The molecule has 0 saturated carbocycles. The van der Waals surface area contributed by atoms with Gasteiger partial charge in [0.2, 0.25) is 0 Å². The van der Waals surface area contributed by atoms with E-state index in [2.05, 4.69) is 28.3 Å². The van der Waals surface area contributed by atoms with Gasteiger partial charge in [0, 0.05) is 28.9 Å². The van der Waals surface area contributed by atoms with Gasteiger partial charge in [0.1, 0.15) is 0 Å². The molecule has 0 aliphatic rings. The molecule has 0 spiro atoms. The van der Waals surface area contributed by atoms with Crippen LogP contribution in [0.2, 0.25) is 0 Å². The standard InChI is InChI=1S/C20H21N3OS/c1-2-3-4-5-15-6-11-18(22-14-15)16-7-9-17(10-8-16)19(24)23-20-21-12-13-25-20/h6-14H,2-5H2,1H3,(H,21,23,24). The van der Waals surface area contributed by atoms with E-state index < -0.39 is 0 Å². The van der Waals surface area contributed by atoms with E-state index in [0.717, 1.165) is 17.7 Å². The van der Waals surface area contributed by atoms with Crippen LogP contribution < -0.4 is 5.32 Å². The molecule has 1 N–H and O–H groups in total. The Labute approximate surface area is 152 Å². The minimum Gasteiger partial charge on any atom is -0.298 e. The summed E-state index contributed by atoms with van der Waals surface area (Å²) in [5, 5.41) is 5.22. The van der Waals surface area contributed by atoms with Crippen molar-refractivity contribution in [2.75, 3.05) is 5.32 Å². The summed E-state index contributed by atoms with van der Waals surface area (Å²) < 4.78 is 0. The molecule has 0 saturated heterocycles. The number of anilines is 1. The van der Waals surface area contributed by atoms with Crippen molar-refractivity contribution in [2.45, 2.75) is 32.6 Å². The maximum atomic E-state index is 12.2. The highest BCUT2D eigenvalue weighted by Crippen LogP contribution is 2.19. The molecule has 2 heterocycles. The van der Waals surface area contributed by atoms with Crippen LogP contribution in [0.4, 0.5) is 5.13 Å². The van der Waals surface area contributed by atoms with Gasteiger partial charge in [-0.2, -0.15) is 0 Å². The number of pyridine rings is 1. The van der Waals surface area contributed by atoms with Crippen LogP contribution in [0.5, 0.6) is 0 Å². The SMILES string of the molecule is CCCCCc1ccc(-c2ccc(C(=O)Nc3nccs3)cc2)nc1. The van der Waals surface area contributed by atoms with Crippen LogP contribution in [0.15, 0.2) is 54.2 Å². The Kier molecular flexibility index (Phi) is 5.90. The second kappa shape index (κ2) is 8.53. The number of hydrogen-bond donors (Lipinski definition) is 1. The Bertz CT molecular complexity index is 796. The van der Waals surface area contributed by atoms with Crippen molar-refractivity contribution in [1.29, 1.82) is 0 Å². The molecule has 4 nitrogen and oxygen atoms in total. The molecule has 0 fully saturated rings. The molecule has 3 aromatic rings.